The fraction of sp³-hybridized carbons (Fsp3) is 0.286. The van der Waals surface area contributed by atoms with Crippen LogP contribution in [0.3, 0.4) is 0 Å². The summed E-state index contributed by atoms with van der Waals surface area (Å²) in [5.74, 6) is 0. The summed E-state index contributed by atoms with van der Waals surface area (Å²) in [5, 5.41) is 9.50. The molecule has 1 aliphatic carbocycles. The Bertz CT molecular complexity index is 507. The van der Waals surface area contributed by atoms with E-state index in [0.29, 0.717) is 0 Å². The summed E-state index contributed by atoms with van der Waals surface area (Å²) >= 11 is 0. The first-order valence-corrected chi connectivity index (χ1v) is 5.53. The zero-order valence-electron chi connectivity index (χ0n) is 8.98. The highest BCUT2D eigenvalue weighted by molar-refractivity contribution is 5.67. The molecule has 0 aromatic heterocycles. The lowest BCUT2D eigenvalue weighted by molar-refractivity contribution is 0.502. The van der Waals surface area contributed by atoms with Crippen LogP contribution in [0.2, 0.25) is 0 Å². The second-order valence-corrected chi connectivity index (χ2v) is 4.51. The summed E-state index contributed by atoms with van der Waals surface area (Å²) in [7, 11) is 0. The van der Waals surface area contributed by atoms with Crippen molar-refractivity contribution in [1.82, 2.24) is 0 Å². The lowest BCUT2D eigenvalue weighted by Crippen LogP contribution is -2.21. The molecule has 16 heavy (non-hydrogen) atoms. The average Bonchev–Trinajstić information content (AvgIpc) is 2.96. The van der Waals surface area contributed by atoms with Crippen LogP contribution in [0.25, 0.3) is 0 Å². The lowest BCUT2D eigenvalue weighted by atomic mass is 9.78. The second-order valence-electron chi connectivity index (χ2n) is 4.51. The highest BCUT2D eigenvalue weighted by Crippen LogP contribution is 2.43. The van der Waals surface area contributed by atoms with Crippen molar-refractivity contribution >= 4 is 6.21 Å². The standard InChI is InChI=1S/C14H12N2/c15-10-14(13-5-6-16-9-13)7-11-3-1-2-4-12(11)8-14/h1-4,6,9H,5,7-8H2. The Morgan fingerprint density at radius 3 is 2.38 bits per heavy atom. The molecule has 2 aliphatic rings. The fourth-order valence-electron chi connectivity index (χ4n) is 2.66. The molecule has 0 unspecified atom stereocenters. The van der Waals surface area contributed by atoms with Gasteiger partial charge in [-0.2, -0.15) is 5.26 Å². The number of nitrogens with zero attached hydrogens (tertiary/aromatic N) is 2. The minimum absolute atomic E-state index is 0.333. The Morgan fingerprint density at radius 2 is 1.88 bits per heavy atom. The quantitative estimate of drug-likeness (QED) is 0.699. The van der Waals surface area contributed by atoms with Crippen LogP contribution in [0, 0.1) is 16.7 Å². The first-order chi connectivity index (χ1) is 7.84. The van der Waals surface area contributed by atoms with Gasteiger partial charge in [0.2, 0.25) is 0 Å². The summed E-state index contributed by atoms with van der Waals surface area (Å²) in [6.07, 6.45) is 6.28. The van der Waals surface area contributed by atoms with Gasteiger partial charge in [-0.3, -0.25) is 4.99 Å². The molecule has 0 N–H and O–H groups in total. The molecule has 0 bridgehead atoms. The molecule has 0 saturated carbocycles. The molecule has 1 heterocycles. The molecule has 78 valence electrons. The van der Waals surface area contributed by atoms with Crippen molar-refractivity contribution in [3.63, 3.8) is 0 Å². The molecule has 2 nitrogen and oxygen atoms in total. The van der Waals surface area contributed by atoms with E-state index in [2.05, 4.69) is 23.2 Å². The summed E-state index contributed by atoms with van der Waals surface area (Å²) in [6, 6.07) is 10.9. The van der Waals surface area contributed by atoms with Gasteiger partial charge in [0, 0.05) is 18.8 Å². The third-order valence-corrected chi connectivity index (χ3v) is 3.58. The first kappa shape index (κ1) is 9.35. The maximum atomic E-state index is 9.50. The molecular weight excluding hydrogens is 196 g/mol. The monoisotopic (exact) mass is 208 g/mol. The van der Waals surface area contributed by atoms with E-state index in [1.165, 1.54) is 16.7 Å². The molecule has 0 fully saturated rings. The molecule has 1 aromatic carbocycles. The van der Waals surface area contributed by atoms with Crippen LogP contribution in [0.1, 0.15) is 17.5 Å². The number of allylic oxidation sites excluding steroid dienone is 1. The third-order valence-electron chi connectivity index (χ3n) is 3.58. The van der Waals surface area contributed by atoms with E-state index in [4.69, 9.17) is 0 Å². The number of nitriles is 1. The maximum Gasteiger partial charge on any atom is 0.0884 e. The Kier molecular flexibility index (Phi) is 1.94. The second kappa shape index (κ2) is 3.31. The van der Waals surface area contributed by atoms with E-state index < -0.39 is 0 Å². The third kappa shape index (κ3) is 1.22. The smallest absolute Gasteiger partial charge is 0.0884 e. The van der Waals surface area contributed by atoms with Gasteiger partial charge >= 0.3 is 0 Å². The Morgan fingerprint density at radius 1 is 1.19 bits per heavy atom. The minimum Gasteiger partial charge on any atom is -0.269 e. The van der Waals surface area contributed by atoms with Crippen LogP contribution in [-0.4, -0.2) is 6.21 Å². The molecule has 0 saturated heterocycles. The summed E-state index contributed by atoms with van der Waals surface area (Å²) < 4.78 is 0. The zero-order valence-corrected chi connectivity index (χ0v) is 8.98. The topological polar surface area (TPSA) is 36.1 Å². The summed E-state index contributed by atoms with van der Waals surface area (Å²) in [4.78, 5) is 4.13. The molecule has 3 rings (SSSR count). The molecule has 2 heteroatoms. The number of benzene rings is 1. The SMILES string of the molecule is N#CC1(C2=CN=CC2)Cc2ccccc2C1. The largest absolute Gasteiger partial charge is 0.269 e. The van der Waals surface area contributed by atoms with E-state index in [-0.39, 0.29) is 5.41 Å². The zero-order chi connectivity index (χ0) is 11.0. The van der Waals surface area contributed by atoms with Crippen molar-refractivity contribution in [3.05, 3.63) is 47.2 Å². The van der Waals surface area contributed by atoms with Crippen LogP contribution >= 0.6 is 0 Å². The number of rotatable bonds is 1. The van der Waals surface area contributed by atoms with Crippen molar-refractivity contribution in [2.75, 3.05) is 0 Å². The predicted molar refractivity (Wildman–Crippen MR) is 63.1 cm³/mol. The highest BCUT2D eigenvalue weighted by atomic mass is 14.7. The number of fused-ring (bicyclic) bond motifs is 1. The van der Waals surface area contributed by atoms with Gasteiger partial charge in [0.25, 0.3) is 0 Å². The van der Waals surface area contributed by atoms with E-state index in [9.17, 15) is 5.26 Å². The summed E-state index contributed by atoms with van der Waals surface area (Å²) in [5.41, 5.74) is 3.47. The number of aliphatic imine (C=N–C) groups is 1. The van der Waals surface area contributed by atoms with Crippen molar-refractivity contribution < 1.29 is 0 Å². The Balaban J connectivity index is 2.01. The molecule has 0 radical (unpaired) electrons. The molecular formula is C14H12N2. The number of hydrogen-bond donors (Lipinski definition) is 0. The van der Waals surface area contributed by atoms with Crippen LogP contribution < -0.4 is 0 Å². The first-order valence-electron chi connectivity index (χ1n) is 5.53. The van der Waals surface area contributed by atoms with Gasteiger partial charge < -0.3 is 0 Å². The highest BCUT2D eigenvalue weighted by Gasteiger charge is 2.40. The average molecular weight is 208 g/mol. The predicted octanol–water partition coefficient (Wildman–Crippen LogP) is 2.65. The summed E-state index contributed by atoms with van der Waals surface area (Å²) in [6.45, 7) is 0. The molecule has 0 amide bonds. The molecule has 1 aromatic rings. The van der Waals surface area contributed by atoms with Crippen molar-refractivity contribution in [2.45, 2.75) is 19.3 Å². The van der Waals surface area contributed by atoms with Gasteiger partial charge in [-0.15, -0.1) is 0 Å². The van der Waals surface area contributed by atoms with E-state index in [0.717, 1.165) is 19.3 Å². The maximum absolute atomic E-state index is 9.50. The Labute approximate surface area is 94.9 Å². The van der Waals surface area contributed by atoms with Crippen molar-refractivity contribution in [1.29, 1.82) is 5.26 Å². The van der Waals surface area contributed by atoms with E-state index >= 15 is 0 Å². The van der Waals surface area contributed by atoms with Crippen LogP contribution in [0.5, 0.6) is 0 Å². The fourth-order valence-corrected chi connectivity index (χ4v) is 2.66. The lowest BCUT2D eigenvalue weighted by Gasteiger charge is -2.21. The molecule has 1 aliphatic heterocycles. The van der Waals surface area contributed by atoms with Gasteiger partial charge in [-0.05, 0) is 29.5 Å². The normalized spacial score (nSPS) is 20.3. The number of hydrogen-bond acceptors (Lipinski definition) is 2. The van der Waals surface area contributed by atoms with Crippen LogP contribution in [0.15, 0.2) is 41.0 Å². The minimum atomic E-state index is -0.333. The van der Waals surface area contributed by atoms with Crippen molar-refractivity contribution in [3.8, 4) is 6.07 Å². The van der Waals surface area contributed by atoms with Crippen molar-refractivity contribution in [2.24, 2.45) is 10.4 Å². The molecule has 0 spiro atoms. The Hall–Kier alpha value is -1.88. The molecule has 0 atom stereocenters. The van der Waals surface area contributed by atoms with Gasteiger partial charge in [-0.25, -0.2) is 0 Å². The van der Waals surface area contributed by atoms with Gasteiger partial charge in [-0.1, -0.05) is 24.3 Å². The van der Waals surface area contributed by atoms with E-state index in [1.807, 2.05) is 24.5 Å². The van der Waals surface area contributed by atoms with Crippen LogP contribution in [0.4, 0.5) is 0 Å². The van der Waals surface area contributed by atoms with Gasteiger partial charge in [0.15, 0.2) is 0 Å². The van der Waals surface area contributed by atoms with Gasteiger partial charge in [0.1, 0.15) is 0 Å². The van der Waals surface area contributed by atoms with Gasteiger partial charge in [0.05, 0.1) is 11.5 Å². The van der Waals surface area contributed by atoms with Crippen LogP contribution in [-0.2, 0) is 12.8 Å². The van der Waals surface area contributed by atoms with E-state index in [1.54, 1.807) is 0 Å².